The molecule has 1 fully saturated rings. The van der Waals surface area contributed by atoms with E-state index in [0.717, 1.165) is 11.6 Å². The summed E-state index contributed by atoms with van der Waals surface area (Å²) < 4.78 is 0. The van der Waals surface area contributed by atoms with Crippen LogP contribution >= 0.6 is 0 Å². The monoisotopic (exact) mass is 113 g/mol. The van der Waals surface area contributed by atoms with E-state index in [-0.39, 0.29) is 0 Å². The van der Waals surface area contributed by atoms with Gasteiger partial charge in [-0.15, -0.1) is 0 Å². The van der Waals surface area contributed by atoms with Crippen LogP contribution in [0.4, 0.5) is 0 Å². The second-order valence-corrected chi connectivity index (χ2v) is 2.19. The van der Waals surface area contributed by atoms with Crippen molar-refractivity contribution in [2.24, 2.45) is 11.1 Å². The summed E-state index contributed by atoms with van der Waals surface area (Å²) in [6.07, 6.45) is 2.61. The first-order valence-electron chi connectivity index (χ1n) is 2.92. The number of hydrogen-bond acceptors (Lipinski definition) is 2. The molecule has 0 bridgehead atoms. The third-order valence-electron chi connectivity index (χ3n) is 1.40. The maximum Gasteiger partial charge on any atom is 0.106 e. The lowest BCUT2D eigenvalue weighted by atomic mass is 10.3. The van der Waals surface area contributed by atoms with Crippen LogP contribution in [0.15, 0.2) is 5.16 Å². The molecule has 2 nitrogen and oxygen atoms in total. The Labute approximate surface area is 49.5 Å². The Bertz CT molecular complexity index is 105. The molecule has 0 atom stereocenters. The van der Waals surface area contributed by atoms with E-state index in [9.17, 15) is 0 Å². The van der Waals surface area contributed by atoms with Gasteiger partial charge in [0.1, 0.15) is 7.11 Å². The van der Waals surface area contributed by atoms with E-state index in [1.807, 2.05) is 6.92 Å². The number of hydrogen-bond donors (Lipinski definition) is 0. The van der Waals surface area contributed by atoms with Gasteiger partial charge in [0, 0.05) is 5.92 Å². The van der Waals surface area contributed by atoms with Gasteiger partial charge in [-0.05, 0) is 19.8 Å². The summed E-state index contributed by atoms with van der Waals surface area (Å²) in [5, 5.41) is 3.80. The molecule has 0 heterocycles. The second kappa shape index (κ2) is 2.16. The predicted octanol–water partition coefficient (Wildman–Crippen LogP) is 1.42. The smallest absolute Gasteiger partial charge is 0.106 e. The third kappa shape index (κ3) is 1.22. The van der Waals surface area contributed by atoms with Crippen LogP contribution < -0.4 is 0 Å². The Morgan fingerprint density at radius 1 is 1.62 bits per heavy atom. The summed E-state index contributed by atoms with van der Waals surface area (Å²) in [4.78, 5) is 4.59. The molecule has 0 saturated heterocycles. The van der Waals surface area contributed by atoms with Gasteiger partial charge in [0.05, 0.1) is 5.71 Å². The fraction of sp³-hybridized carbons (Fsp3) is 0.833. The molecule has 2 heteroatoms. The third-order valence-corrected chi connectivity index (χ3v) is 1.40. The van der Waals surface area contributed by atoms with Crippen molar-refractivity contribution in [3.05, 3.63) is 0 Å². The zero-order valence-electron chi connectivity index (χ0n) is 5.35. The molecule has 8 heavy (non-hydrogen) atoms. The van der Waals surface area contributed by atoms with E-state index in [2.05, 4.69) is 9.99 Å². The van der Waals surface area contributed by atoms with Gasteiger partial charge in [-0.1, -0.05) is 5.16 Å². The molecule has 1 aliphatic carbocycles. The molecular formula is C6H11NO. The van der Waals surface area contributed by atoms with E-state index in [4.69, 9.17) is 0 Å². The van der Waals surface area contributed by atoms with Gasteiger partial charge >= 0.3 is 0 Å². The standard InChI is InChI=1S/C6H11NO/c1-5(7-8-2)6-3-4-6/h6H,3-4H2,1-2H3/b7-5-. The van der Waals surface area contributed by atoms with Crippen LogP contribution in [0.1, 0.15) is 19.8 Å². The lowest BCUT2D eigenvalue weighted by Gasteiger charge is -1.91. The predicted molar refractivity (Wildman–Crippen MR) is 32.8 cm³/mol. The minimum Gasteiger partial charge on any atom is -0.399 e. The molecule has 0 N–H and O–H groups in total. The lowest BCUT2D eigenvalue weighted by molar-refractivity contribution is 0.212. The van der Waals surface area contributed by atoms with Crippen molar-refractivity contribution in [1.82, 2.24) is 0 Å². The topological polar surface area (TPSA) is 21.6 Å². The molecule has 0 aromatic heterocycles. The fourth-order valence-corrected chi connectivity index (χ4v) is 0.720. The minimum atomic E-state index is 0.745. The molecule has 1 saturated carbocycles. The molecule has 46 valence electrons. The van der Waals surface area contributed by atoms with E-state index in [0.29, 0.717) is 0 Å². The molecule has 0 spiro atoms. The van der Waals surface area contributed by atoms with Crippen LogP contribution in [0.3, 0.4) is 0 Å². The Morgan fingerprint density at radius 2 is 2.25 bits per heavy atom. The van der Waals surface area contributed by atoms with Crippen LogP contribution in [0.2, 0.25) is 0 Å². The van der Waals surface area contributed by atoms with Crippen molar-refractivity contribution in [2.75, 3.05) is 7.11 Å². The van der Waals surface area contributed by atoms with Gasteiger partial charge in [0.2, 0.25) is 0 Å². The molecule has 0 unspecified atom stereocenters. The van der Waals surface area contributed by atoms with E-state index in [1.165, 1.54) is 12.8 Å². The summed E-state index contributed by atoms with van der Waals surface area (Å²) in [5.41, 5.74) is 1.15. The number of rotatable bonds is 2. The Kier molecular flexibility index (Phi) is 1.51. The molecular weight excluding hydrogens is 102 g/mol. The zero-order valence-corrected chi connectivity index (χ0v) is 5.35. The highest BCUT2D eigenvalue weighted by molar-refractivity contribution is 5.85. The highest BCUT2D eigenvalue weighted by Gasteiger charge is 2.24. The SMILES string of the molecule is CO/N=C(/C)C1CC1. The summed E-state index contributed by atoms with van der Waals surface area (Å²) >= 11 is 0. The first-order chi connectivity index (χ1) is 3.84. The summed E-state index contributed by atoms with van der Waals surface area (Å²) in [6.45, 7) is 2.02. The quantitative estimate of drug-likeness (QED) is 0.392. The Hall–Kier alpha value is -0.530. The van der Waals surface area contributed by atoms with Crippen molar-refractivity contribution in [3.8, 4) is 0 Å². The van der Waals surface area contributed by atoms with Crippen LogP contribution in [-0.2, 0) is 4.84 Å². The first kappa shape index (κ1) is 5.60. The minimum absolute atomic E-state index is 0.745. The van der Waals surface area contributed by atoms with Crippen LogP contribution in [-0.4, -0.2) is 12.8 Å². The molecule has 0 aliphatic heterocycles. The van der Waals surface area contributed by atoms with Crippen molar-refractivity contribution < 1.29 is 4.84 Å². The molecule has 0 amide bonds. The van der Waals surface area contributed by atoms with Crippen LogP contribution in [0, 0.1) is 5.92 Å². The Balaban J connectivity index is 2.31. The van der Waals surface area contributed by atoms with E-state index < -0.39 is 0 Å². The summed E-state index contributed by atoms with van der Waals surface area (Å²) in [5.74, 6) is 0.745. The van der Waals surface area contributed by atoms with Gasteiger partial charge < -0.3 is 4.84 Å². The maximum atomic E-state index is 4.59. The average Bonchev–Trinajstić information content (AvgIpc) is 2.45. The van der Waals surface area contributed by atoms with Crippen molar-refractivity contribution >= 4 is 5.71 Å². The lowest BCUT2D eigenvalue weighted by Crippen LogP contribution is -1.92. The van der Waals surface area contributed by atoms with Gasteiger partial charge in [-0.25, -0.2) is 0 Å². The van der Waals surface area contributed by atoms with Crippen LogP contribution in [0.25, 0.3) is 0 Å². The molecule has 0 aromatic rings. The van der Waals surface area contributed by atoms with Crippen molar-refractivity contribution in [2.45, 2.75) is 19.8 Å². The zero-order chi connectivity index (χ0) is 5.98. The normalized spacial score (nSPS) is 21.0. The highest BCUT2D eigenvalue weighted by Crippen LogP contribution is 2.30. The first-order valence-corrected chi connectivity index (χ1v) is 2.92. The molecule has 1 rings (SSSR count). The van der Waals surface area contributed by atoms with Gasteiger partial charge in [-0.3, -0.25) is 0 Å². The molecule has 0 radical (unpaired) electrons. The van der Waals surface area contributed by atoms with E-state index in [1.54, 1.807) is 7.11 Å². The van der Waals surface area contributed by atoms with Crippen molar-refractivity contribution in [1.29, 1.82) is 0 Å². The summed E-state index contributed by atoms with van der Waals surface area (Å²) in [7, 11) is 1.59. The maximum absolute atomic E-state index is 4.59. The van der Waals surface area contributed by atoms with Crippen LogP contribution in [0.5, 0.6) is 0 Å². The number of nitrogens with zero attached hydrogens (tertiary/aromatic N) is 1. The average molecular weight is 113 g/mol. The van der Waals surface area contributed by atoms with Gasteiger partial charge in [0.25, 0.3) is 0 Å². The molecule has 0 aromatic carbocycles. The number of oxime groups is 1. The largest absolute Gasteiger partial charge is 0.399 e. The van der Waals surface area contributed by atoms with Crippen molar-refractivity contribution in [3.63, 3.8) is 0 Å². The van der Waals surface area contributed by atoms with Gasteiger partial charge in [0.15, 0.2) is 0 Å². The van der Waals surface area contributed by atoms with Gasteiger partial charge in [-0.2, -0.15) is 0 Å². The fourth-order valence-electron chi connectivity index (χ4n) is 0.720. The Morgan fingerprint density at radius 3 is 2.62 bits per heavy atom. The van der Waals surface area contributed by atoms with E-state index >= 15 is 0 Å². The second-order valence-electron chi connectivity index (χ2n) is 2.19. The summed E-state index contributed by atoms with van der Waals surface area (Å²) in [6, 6.07) is 0. The highest BCUT2D eigenvalue weighted by atomic mass is 16.6. The molecule has 1 aliphatic rings.